The van der Waals surface area contributed by atoms with E-state index in [9.17, 15) is 4.79 Å². The van der Waals surface area contributed by atoms with Gasteiger partial charge in [-0.15, -0.1) is 0 Å². The molecule has 3 heterocycles. The van der Waals surface area contributed by atoms with E-state index in [0.717, 1.165) is 19.6 Å². The second-order valence-electron chi connectivity index (χ2n) is 9.57. The van der Waals surface area contributed by atoms with Crippen LogP contribution in [0, 0.1) is 11.8 Å². The number of urea groups is 1. The summed E-state index contributed by atoms with van der Waals surface area (Å²) >= 11 is 0. The minimum atomic E-state index is -0.168. The van der Waals surface area contributed by atoms with Crippen LogP contribution in [0.4, 0.5) is 4.79 Å². The molecule has 0 spiro atoms. The predicted octanol–water partition coefficient (Wildman–Crippen LogP) is 4.04. The molecule has 3 aliphatic rings. The average Bonchev–Trinajstić information content (AvgIpc) is 2.60. The third-order valence-electron chi connectivity index (χ3n) is 6.34. The van der Waals surface area contributed by atoms with Crippen LogP contribution in [0.2, 0.25) is 0 Å². The van der Waals surface area contributed by atoms with Crippen molar-refractivity contribution in [3.8, 4) is 0 Å². The van der Waals surface area contributed by atoms with Crippen molar-refractivity contribution in [3.63, 3.8) is 0 Å². The number of likely N-dealkylation sites (tertiary alicyclic amines) is 1. The molecular formula is C22H33N3O. The Morgan fingerprint density at radius 2 is 1.85 bits per heavy atom. The fourth-order valence-corrected chi connectivity index (χ4v) is 5.41. The van der Waals surface area contributed by atoms with E-state index in [0.29, 0.717) is 23.9 Å². The van der Waals surface area contributed by atoms with Gasteiger partial charge in [0.1, 0.15) is 0 Å². The first kappa shape index (κ1) is 17.8. The van der Waals surface area contributed by atoms with Gasteiger partial charge < -0.3 is 10.2 Å². The Balaban J connectivity index is 1.49. The molecule has 4 nitrogen and oxygen atoms in total. The van der Waals surface area contributed by atoms with E-state index >= 15 is 0 Å². The van der Waals surface area contributed by atoms with Gasteiger partial charge in [-0.1, -0.05) is 30.3 Å². The normalized spacial score (nSPS) is 32.0. The molecule has 0 unspecified atom stereocenters. The van der Waals surface area contributed by atoms with Crippen LogP contribution in [0.3, 0.4) is 0 Å². The first-order chi connectivity index (χ1) is 12.4. The maximum absolute atomic E-state index is 12.7. The summed E-state index contributed by atoms with van der Waals surface area (Å²) in [5.74, 6) is 1.24. The molecule has 142 valence electrons. The summed E-state index contributed by atoms with van der Waals surface area (Å²) in [6, 6.07) is 12.4. The van der Waals surface area contributed by atoms with E-state index in [4.69, 9.17) is 0 Å². The molecular weight excluding hydrogens is 322 g/mol. The van der Waals surface area contributed by atoms with Crippen LogP contribution < -0.4 is 5.32 Å². The van der Waals surface area contributed by atoms with Crippen LogP contribution in [0.15, 0.2) is 30.3 Å². The number of nitrogens with zero attached hydrogens (tertiary/aromatic N) is 2. The lowest BCUT2D eigenvalue weighted by Crippen LogP contribution is -2.62. The van der Waals surface area contributed by atoms with Crippen LogP contribution in [-0.2, 0) is 0 Å². The van der Waals surface area contributed by atoms with E-state index in [1.807, 2.05) is 0 Å². The first-order valence-electron chi connectivity index (χ1n) is 10.3. The highest BCUT2D eigenvalue weighted by atomic mass is 16.2. The van der Waals surface area contributed by atoms with Gasteiger partial charge in [-0.05, 0) is 63.9 Å². The van der Waals surface area contributed by atoms with Crippen molar-refractivity contribution >= 4 is 6.03 Å². The topological polar surface area (TPSA) is 35.6 Å². The highest BCUT2D eigenvalue weighted by Gasteiger charge is 2.45. The van der Waals surface area contributed by atoms with Gasteiger partial charge in [0.25, 0.3) is 0 Å². The molecule has 1 aromatic carbocycles. The lowest BCUT2D eigenvalue weighted by atomic mass is 9.74. The lowest BCUT2D eigenvalue weighted by Gasteiger charge is -2.55. The van der Waals surface area contributed by atoms with Crippen LogP contribution in [0.5, 0.6) is 0 Å². The van der Waals surface area contributed by atoms with Crippen molar-refractivity contribution in [1.82, 2.24) is 15.1 Å². The summed E-state index contributed by atoms with van der Waals surface area (Å²) in [5.41, 5.74) is 1.30. The summed E-state index contributed by atoms with van der Waals surface area (Å²) in [6.45, 7) is 9.14. The largest absolute Gasteiger partial charge is 0.333 e. The second-order valence-corrected chi connectivity index (χ2v) is 9.57. The van der Waals surface area contributed by atoms with Crippen molar-refractivity contribution in [2.24, 2.45) is 11.8 Å². The van der Waals surface area contributed by atoms with E-state index in [-0.39, 0.29) is 11.6 Å². The molecule has 3 saturated heterocycles. The molecule has 2 bridgehead atoms. The summed E-state index contributed by atoms with van der Waals surface area (Å²) in [5, 5.41) is 3.16. The number of nitrogens with one attached hydrogen (secondary N) is 1. The van der Waals surface area contributed by atoms with E-state index < -0.39 is 0 Å². The number of carbonyl (C=O) groups excluding carboxylic acids is 1. The molecule has 1 aromatic rings. The molecule has 4 heteroatoms. The first-order valence-corrected chi connectivity index (χ1v) is 10.3. The standard InChI is InChI=1S/C22H33N3O/c1-22(2,3)23-21(26)24-13-16-12-18(15-24)20-11-7-10-19(25(20)14-16)17-8-5-4-6-9-17/h4-6,8-9,16,18-20H,7,10-15H2,1-3H3,(H,23,26)/t16-,18+,19+,20-/m0/s1. The second kappa shape index (κ2) is 6.88. The quantitative estimate of drug-likeness (QED) is 0.825. The zero-order valence-electron chi connectivity index (χ0n) is 16.4. The van der Waals surface area contributed by atoms with Crippen LogP contribution in [0.25, 0.3) is 0 Å². The Bertz CT molecular complexity index is 639. The summed E-state index contributed by atoms with van der Waals surface area (Å²) in [7, 11) is 0. The Morgan fingerprint density at radius 3 is 2.58 bits per heavy atom. The van der Waals surface area contributed by atoms with Gasteiger partial charge in [-0.25, -0.2) is 4.79 Å². The van der Waals surface area contributed by atoms with Crippen molar-refractivity contribution < 1.29 is 4.79 Å². The highest BCUT2D eigenvalue weighted by molar-refractivity contribution is 5.75. The number of hydrogen-bond donors (Lipinski definition) is 1. The zero-order valence-corrected chi connectivity index (χ0v) is 16.4. The molecule has 0 saturated carbocycles. The number of amides is 2. The van der Waals surface area contributed by atoms with Gasteiger partial charge in [-0.2, -0.15) is 0 Å². The Morgan fingerprint density at radius 1 is 1.08 bits per heavy atom. The minimum Gasteiger partial charge on any atom is -0.333 e. The molecule has 4 atom stereocenters. The van der Waals surface area contributed by atoms with Gasteiger partial charge in [0.05, 0.1) is 0 Å². The number of fused-ring (bicyclic) bond motifs is 4. The molecule has 0 radical (unpaired) electrons. The number of carbonyl (C=O) groups is 1. The van der Waals surface area contributed by atoms with Gasteiger partial charge >= 0.3 is 6.03 Å². The summed E-state index contributed by atoms with van der Waals surface area (Å²) < 4.78 is 0. The monoisotopic (exact) mass is 355 g/mol. The molecule has 4 rings (SSSR count). The molecule has 26 heavy (non-hydrogen) atoms. The Labute approximate surface area is 157 Å². The average molecular weight is 356 g/mol. The summed E-state index contributed by atoms with van der Waals surface area (Å²) in [6.07, 6.45) is 5.15. The third kappa shape index (κ3) is 3.62. The van der Waals surface area contributed by atoms with Crippen molar-refractivity contribution in [2.45, 2.75) is 64.1 Å². The molecule has 3 aliphatic heterocycles. The van der Waals surface area contributed by atoms with Gasteiger partial charge in [0.15, 0.2) is 0 Å². The van der Waals surface area contributed by atoms with Crippen molar-refractivity contribution in [2.75, 3.05) is 19.6 Å². The van der Waals surface area contributed by atoms with Gasteiger partial charge in [0, 0.05) is 37.3 Å². The lowest BCUT2D eigenvalue weighted by molar-refractivity contribution is -0.0485. The number of benzene rings is 1. The van der Waals surface area contributed by atoms with E-state index in [1.54, 1.807) is 0 Å². The maximum Gasteiger partial charge on any atom is 0.317 e. The maximum atomic E-state index is 12.7. The van der Waals surface area contributed by atoms with Crippen molar-refractivity contribution in [1.29, 1.82) is 0 Å². The van der Waals surface area contributed by atoms with E-state index in [1.165, 1.54) is 31.2 Å². The molecule has 1 N–H and O–H groups in total. The van der Waals surface area contributed by atoms with Gasteiger partial charge in [-0.3, -0.25) is 4.90 Å². The fraction of sp³-hybridized carbons (Fsp3) is 0.682. The zero-order chi connectivity index (χ0) is 18.3. The Kier molecular flexibility index (Phi) is 4.72. The summed E-state index contributed by atoms with van der Waals surface area (Å²) in [4.78, 5) is 17.6. The van der Waals surface area contributed by atoms with Crippen molar-refractivity contribution in [3.05, 3.63) is 35.9 Å². The van der Waals surface area contributed by atoms with Crippen LogP contribution in [0.1, 0.15) is 58.1 Å². The number of rotatable bonds is 1. The molecule has 2 amide bonds. The third-order valence-corrected chi connectivity index (χ3v) is 6.34. The van der Waals surface area contributed by atoms with Crippen LogP contribution in [-0.4, -0.2) is 47.0 Å². The number of piperidine rings is 3. The highest BCUT2D eigenvalue weighted by Crippen LogP contribution is 2.44. The van der Waals surface area contributed by atoms with E-state index in [2.05, 4.69) is 66.2 Å². The number of hydrogen-bond acceptors (Lipinski definition) is 2. The molecule has 0 aromatic heterocycles. The SMILES string of the molecule is CC(C)(C)NC(=O)N1C[C@@H]2C[C@H](C1)[C@@H]1CCC[C@H](c3ccccc3)N1C2. The van der Waals surface area contributed by atoms with Crippen LogP contribution >= 0.6 is 0 Å². The fourth-order valence-electron chi connectivity index (χ4n) is 5.41. The Hall–Kier alpha value is -1.55. The molecule has 0 aliphatic carbocycles. The molecule has 3 fully saturated rings. The predicted molar refractivity (Wildman–Crippen MR) is 105 cm³/mol. The minimum absolute atomic E-state index is 0.121. The van der Waals surface area contributed by atoms with Gasteiger partial charge in [0.2, 0.25) is 0 Å². The smallest absolute Gasteiger partial charge is 0.317 e.